The monoisotopic (exact) mass is 259 g/mol. The Bertz CT molecular complexity index is 443. The summed E-state index contributed by atoms with van der Waals surface area (Å²) in [5.74, 6) is -4.33. The number of aliphatic carboxylic acids is 1. The molecule has 1 rings (SSSR count). The van der Waals surface area contributed by atoms with Crippen molar-refractivity contribution in [1.82, 2.24) is 0 Å². The minimum absolute atomic E-state index is 0.0255. The molecule has 18 heavy (non-hydrogen) atoms. The molecule has 1 atom stereocenters. The van der Waals surface area contributed by atoms with Crippen molar-refractivity contribution in [2.24, 2.45) is 5.73 Å². The first-order valence-electron chi connectivity index (χ1n) is 5.30. The van der Waals surface area contributed by atoms with E-state index in [4.69, 9.17) is 15.6 Å². The number of rotatable bonds is 5. The van der Waals surface area contributed by atoms with Crippen LogP contribution in [0, 0.1) is 0 Å². The van der Waals surface area contributed by atoms with Gasteiger partial charge in [0, 0.05) is 6.92 Å². The van der Waals surface area contributed by atoms with Gasteiger partial charge in [0.05, 0.1) is 12.7 Å². The first-order chi connectivity index (χ1) is 8.27. The van der Waals surface area contributed by atoms with Gasteiger partial charge < -0.3 is 15.6 Å². The summed E-state index contributed by atoms with van der Waals surface area (Å²) in [5, 5.41) is 8.72. The molecule has 6 heteroatoms. The second-order valence-corrected chi connectivity index (χ2v) is 4.03. The quantitative estimate of drug-likeness (QED) is 0.845. The average Bonchev–Trinajstić information content (AvgIpc) is 2.26. The van der Waals surface area contributed by atoms with Crippen molar-refractivity contribution in [2.45, 2.75) is 25.3 Å². The molecule has 0 amide bonds. The van der Waals surface area contributed by atoms with E-state index in [-0.39, 0.29) is 23.3 Å². The lowest BCUT2D eigenvalue weighted by Gasteiger charge is -2.20. The summed E-state index contributed by atoms with van der Waals surface area (Å²) in [5.41, 5.74) is 5.23. The SMILES string of the molecule is COc1cccc(CC(N)C(=O)O)c1C(C)(F)F. The Morgan fingerprint density at radius 2 is 2.17 bits per heavy atom. The predicted molar refractivity (Wildman–Crippen MR) is 61.9 cm³/mol. The molecular formula is C12H15F2NO3. The lowest BCUT2D eigenvalue weighted by atomic mass is 9.96. The van der Waals surface area contributed by atoms with Gasteiger partial charge in [-0.05, 0) is 18.1 Å². The first-order valence-corrected chi connectivity index (χ1v) is 5.30. The smallest absolute Gasteiger partial charge is 0.320 e. The standard InChI is InChI=1S/C12H15F2NO3/c1-12(13,14)10-7(6-8(15)11(16)17)4-3-5-9(10)18-2/h3-5,8H,6,15H2,1-2H3,(H,16,17). The maximum absolute atomic E-state index is 13.5. The van der Waals surface area contributed by atoms with Crippen LogP contribution >= 0.6 is 0 Å². The number of methoxy groups -OCH3 is 1. The highest BCUT2D eigenvalue weighted by Gasteiger charge is 2.32. The molecule has 0 aliphatic rings. The summed E-state index contributed by atoms with van der Waals surface area (Å²) in [6.45, 7) is 0.737. The van der Waals surface area contributed by atoms with E-state index >= 15 is 0 Å². The molecule has 3 N–H and O–H groups in total. The van der Waals surface area contributed by atoms with E-state index in [1.807, 2.05) is 0 Å². The van der Waals surface area contributed by atoms with Crippen LogP contribution in [-0.2, 0) is 17.1 Å². The number of nitrogens with two attached hydrogens (primary N) is 1. The largest absolute Gasteiger partial charge is 0.496 e. The number of hydrogen-bond donors (Lipinski definition) is 2. The van der Waals surface area contributed by atoms with Crippen LogP contribution in [0.15, 0.2) is 18.2 Å². The number of carboxylic acid groups (broad SMARTS) is 1. The predicted octanol–water partition coefficient (Wildman–Crippen LogP) is 1.76. The fraction of sp³-hybridized carbons (Fsp3) is 0.417. The summed E-state index contributed by atoms with van der Waals surface area (Å²) in [4.78, 5) is 10.7. The highest BCUT2D eigenvalue weighted by Crippen LogP contribution is 2.37. The highest BCUT2D eigenvalue weighted by molar-refractivity contribution is 5.73. The lowest BCUT2D eigenvalue weighted by Crippen LogP contribution is -2.33. The van der Waals surface area contributed by atoms with Crippen LogP contribution in [0.3, 0.4) is 0 Å². The van der Waals surface area contributed by atoms with Gasteiger partial charge in [0.15, 0.2) is 0 Å². The molecule has 0 bridgehead atoms. The second-order valence-electron chi connectivity index (χ2n) is 4.03. The molecule has 4 nitrogen and oxygen atoms in total. The van der Waals surface area contributed by atoms with Gasteiger partial charge in [0.2, 0.25) is 0 Å². The zero-order valence-corrected chi connectivity index (χ0v) is 10.1. The molecule has 0 saturated heterocycles. The molecule has 0 spiro atoms. The molecule has 0 fully saturated rings. The Morgan fingerprint density at radius 1 is 1.56 bits per heavy atom. The third-order valence-electron chi connectivity index (χ3n) is 2.53. The summed E-state index contributed by atoms with van der Waals surface area (Å²) in [6.07, 6.45) is -0.175. The lowest BCUT2D eigenvalue weighted by molar-refractivity contribution is -0.138. The van der Waals surface area contributed by atoms with Crippen molar-refractivity contribution in [3.8, 4) is 5.75 Å². The Kier molecular flexibility index (Phi) is 4.24. The molecule has 100 valence electrons. The Morgan fingerprint density at radius 3 is 2.61 bits per heavy atom. The van der Waals surface area contributed by atoms with Gasteiger partial charge in [0.25, 0.3) is 5.92 Å². The van der Waals surface area contributed by atoms with E-state index in [9.17, 15) is 13.6 Å². The molecule has 0 aliphatic heterocycles. The molecule has 1 aromatic rings. The topological polar surface area (TPSA) is 72.5 Å². The minimum Gasteiger partial charge on any atom is -0.496 e. The number of ether oxygens (including phenoxy) is 1. The number of carbonyl (C=O) groups is 1. The van der Waals surface area contributed by atoms with E-state index in [0.717, 1.165) is 6.92 Å². The van der Waals surface area contributed by atoms with Crippen molar-refractivity contribution in [1.29, 1.82) is 0 Å². The Hall–Kier alpha value is -1.69. The molecule has 0 heterocycles. The van der Waals surface area contributed by atoms with Crippen LogP contribution in [0.1, 0.15) is 18.1 Å². The van der Waals surface area contributed by atoms with E-state index in [2.05, 4.69) is 0 Å². The summed E-state index contributed by atoms with van der Waals surface area (Å²) in [6, 6.07) is 3.14. The van der Waals surface area contributed by atoms with Gasteiger partial charge in [-0.25, -0.2) is 8.78 Å². The van der Waals surface area contributed by atoms with Crippen molar-refractivity contribution < 1.29 is 23.4 Å². The number of halogens is 2. The van der Waals surface area contributed by atoms with E-state index in [1.54, 1.807) is 0 Å². The Balaban J connectivity index is 3.23. The van der Waals surface area contributed by atoms with Gasteiger partial charge in [-0.3, -0.25) is 4.79 Å². The van der Waals surface area contributed by atoms with Gasteiger partial charge in [-0.2, -0.15) is 0 Å². The second kappa shape index (κ2) is 5.30. The summed E-state index contributed by atoms with van der Waals surface area (Å²) >= 11 is 0. The third kappa shape index (κ3) is 3.16. The van der Waals surface area contributed by atoms with Gasteiger partial charge in [0.1, 0.15) is 11.8 Å². The highest BCUT2D eigenvalue weighted by atomic mass is 19.3. The fourth-order valence-corrected chi connectivity index (χ4v) is 1.74. The molecule has 0 saturated carbocycles. The number of alkyl halides is 2. The van der Waals surface area contributed by atoms with Gasteiger partial charge >= 0.3 is 5.97 Å². The molecular weight excluding hydrogens is 244 g/mol. The minimum atomic E-state index is -3.12. The first kappa shape index (κ1) is 14.4. The summed E-state index contributed by atoms with van der Waals surface area (Å²) in [7, 11) is 1.28. The van der Waals surface area contributed by atoms with Crippen molar-refractivity contribution in [2.75, 3.05) is 7.11 Å². The third-order valence-corrected chi connectivity index (χ3v) is 2.53. The molecule has 1 unspecified atom stereocenters. The fourth-order valence-electron chi connectivity index (χ4n) is 1.74. The van der Waals surface area contributed by atoms with Crippen LogP contribution in [0.25, 0.3) is 0 Å². The van der Waals surface area contributed by atoms with Crippen LogP contribution in [0.4, 0.5) is 8.78 Å². The molecule has 0 radical (unpaired) electrons. The van der Waals surface area contributed by atoms with Crippen LogP contribution < -0.4 is 10.5 Å². The number of benzene rings is 1. The van der Waals surface area contributed by atoms with E-state index in [0.29, 0.717) is 0 Å². The maximum atomic E-state index is 13.5. The van der Waals surface area contributed by atoms with E-state index in [1.165, 1.54) is 25.3 Å². The number of hydrogen-bond acceptors (Lipinski definition) is 3. The molecule has 0 aromatic heterocycles. The van der Waals surface area contributed by atoms with Crippen LogP contribution in [0.5, 0.6) is 5.75 Å². The molecule has 0 aliphatic carbocycles. The average molecular weight is 259 g/mol. The van der Waals surface area contributed by atoms with Crippen LogP contribution in [-0.4, -0.2) is 24.2 Å². The van der Waals surface area contributed by atoms with Crippen molar-refractivity contribution in [3.63, 3.8) is 0 Å². The maximum Gasteiger partial charge on any atom is 0.320 e. The van der Waals surface area contributed by atoms with Crippen molar-refractivity contribution >= 4 is 5.97 Å². The zero-order chi connectivity index (χ0) is 13.9. The van der Waals surface area contributed by atoms with Crippen molar-refractivity contribution in [3.05, 3.63) is 29.3 Å². The van der Waals surface area contributed by atoms with Gasteiger partial charge in [-0.1, -0.05) is 12.1 Å². The molecule has 1 aromatic carbocycles. The van der Waals surface area contributed by atoms with Crippen LogP contribution in [0.2, 0.25) is 0 Å². The Labute approximate surface area is 103 Å². The van der Waals surface area contributed by atoms with Gasteiger partial charge in [-0.15, -0.1) is 0 Å². The summed E-state index contributed by atoms with van der Waals surface area (Å²) < 4.78 is 32.0. The normalized spacial score (nSPS) is 13.2. The van der Waals surface area contributed by atoms with E-state index < -0.39 is 17.9 Å². The zero-order valence-electron chi connectivity index (χ0n) is 10.1. The number of carboxylic acids is 1.